The van der Waals surface area contributed by atoms with Crippen molar-refractivity contribution >= 4 is 27.5 Å². The van der Waals surface area contributed by atoms with Crippen molar-refractivity contribution in [3.05, 3.63) is 32.8 Å². The Bertz CT molecular complexity index is 345. The van der Waals surface area contributed by atoms with Gasteiger partial charge in [-0.05, 0) is 59.4 Å². The molecule has 0 amide bonds. The molecule has 1 saturated heterocycles. The molecule has 0 radical (unpaired) electrons. The Morgan fingerprint density at radius 3 is 2.93 bits per heavy atom. The largest absolute Gasteiger partial charge is 0.310 e. The lowest BCUT2D eigenvalue weighted by Crippen LogP contribution is -2.14. The summed E-state index contributed by atoms with van der Waals surface area (Å²) in [7, 11) is 0. The van der Waals surface area contributed by atoms with Gasteiger partial charge >= 0.3 is 0 Å². The van der Waals surface area contributed by atoms with Gasteiger partial charge in [0.15, 0.2) is 0 Å². The van der Waals surface area contributed by atoms with E-state index in [0.717, 1.165) is 16.0 Å². The molecule has 1 aliphatic heterocycles. The van der Waals surface area contributed by atoms with Gasteiger partial charge in [0.2, 0.25) is 0 Å². The lowest BCUT2D eigenvalue weighted by Gasteiger charge is -2.15. The highest BCUT2D eigenvalue weighted by Gasteiger charge is 2.19. The third-order valence-corrected chi connectivity index (χ3v) is 4.19. The van der Waals surface area contributed by atoms with E-state index in [-0.39, 0.29) is 0 Å². The summed E-state index contributed by atoms with van der Waals surface area (Å²) in [5, 5.41) is 4.33. The fourth-order valence-electron chi connectivity index (χ4n) is 1.99. The molecule has 1 N–H and O–H groups in total. The van der Waals surface area contributed by atoms with Gasteiger partial charge in [-0.15, -0.1) is 0 Å². The van der Waals surface area contributed by atoms with Crippen molar-refractivity contribution < 1.29 is 0 Å². The lowest BCUT2D eigenvalue weighted by atomic mass is 10.0. The summed E-state index contributed by atoms with van der Waals surface area (Å²) in [6.45, 7) is 3.21. The minimum atomic E-state index is 0.501. The Morgan fingerprint density at radius 1 is 1.50 bits per heavy atom. The quantitative estimate of drug-likeness (QED) is 0.820. The third kappa shape index (κ3) is 1.83. The maximum atomic E-state index is 6.19. The van der Waals surface area contributed by atoms with Crippen LogP contribution in [0.25, 0.3) is 0 Å². The molecule has 1 aromatic carbocycles. The van der Waals surface area contributed by atoms with Gasteiger partial charge in [-0.3, -0.25) is 0 Å². The van der Waals surface area contributed by atoms with Gasteiger partial charge in [0.1, 0.15) is 0 Å². The van der Waals surface area contributed by atoms with E-state index in [1.54, 1.807) is 0 Å². The second kappa shape index (κ2) is 4.21. The molecular formula is C11H13BrClN. The highest BCUT2D eigenvalue weighted by Crippen LogP contribution is 2.33. The molecule has 1 aliphatic rings. The van der Waals surface area contributed by atoms with Crippen molar-refractivity contribution in [1.82, 2.24) is 5.32 Å². The van der Waals surface area contributed by atoms with Crippen LogP contribution >= 0.6 is 27.5 Å². The standard InChI is InChI=1S/C11H13BrClN/c1-7-8(10-3-2-6-14-10)4-5-9(12)11(7)13/h4-5,10,14H,2-3,6H2,1H3/t10-/m0/s1. The molecule has 1 atom stereocenters. The van der Waals surface area contributed by atoms with Gasteiger partial charge < -0.3 is 5.32 Å². The molecule has 1 heterocycles. The normalized spacial score (nSPS) is 21.5. The Morgan fingerprint density at radius 2 is 2.29 bits per heavy atom. The summed E-state index contributed by atoms with van der Waals surface area (Å²) in [6, 6.07) is 4.69. The Labute approximate surface area is 98.0 Å². The number of rotatable bonds is 1. The van der Waals surface area contributed by atoms with Gasteiger partial charge in [0, 0.05) is 10.5 Å². The molecule has 14 heavy (non-hydrogen) atoms. The Hall–Kier alpha value is -0.0500. The summed E-state index contributed by atoms with van der Waals surface area (Å²) >= 11 is 9.62. The maximum absolute atomic E-state index is 6.19. The molecule has 1 aromatic rings. The van der Waals surface area contributed by atoms with Crippen molar-refractivity contribution in [3.8, 4) is 0 Å². The number of nitrogens with one attached hydrogen (secondary N) is 1. The zero-order valence-electron chi connectivity index (χ0n) is 8.11. The van der Waals surface area contributed by atoms with Crippen LogP contribution in [0.5, 0.6) is 0 Å². The van der Waals surface area contributed by atoms with E-state index in [1.807, 2.05) is 6.07 Å². The van der Waals surface area contributed by atoms with E-state index in [4.69, 9.17) is 11.6 Å². The summed E-state index contributed by atoms with van der Waals surface area (Å²) < 4.78 is 0.985. The molecule has 76 valence electrons. The number of hydrogen-bond donors (Lipinski definition) is 1. The van der Waals surface area contributed by atoms with Crippen LogP contribution in [0.2, 0.25) is 5.02 Å². The topological polar surface area (TPSA) is 12.0 Å². The molecule has 0 aliphatic carbocycles. The molecule has 0 saturated carbocycles. The summed E-state index contributed by atoms with van der Waals surface area (Å²) in [6.07, 6.45) is 2.48. The van der Waals surface area contributed by atoms with E-state index in [9.17, 15) is 0 Å². The second-order valence-electron chi connectivity index (χ2n) is 3.72. The highest BCUT2D eigenvalue weighted by molar-refractivity contribution is 9.10. The van der Waals surface area contributed by atoms with E-state index in [0.29, 0.717) is 6.04 Å². The van der Waals surface area contributed by atoms with Crippen LogP contribution in [0.3, 0.4) is 0 Å². The van der Waals surface area contributed by atoms with Gasteiger partial charge in [0.25, 0.3) is 0 Å². The van der Waals surface area contributed by atoms with Crippen molar-refractivity contribution in [3.63, 3.8) is 0 Å². The monoisotopic (exact) mass is 273 g/mol. The Kier molecular flexibility index (Phi) is 3.15. The zero-order chi connectivity index (χ0) is 10.1. The summed E-state index contributed by atoms with van der Waals surface area (Å²) in [5.74, 6) is 0. The van der Waals surface area contributed by atoms with Crippen molar-refractivity contribution in [2.75, 3.05) is 6.54 Å². The maximum Gasteiger partial charge on any atom is 0.0580 e. The molecule has 1 fully saturated rings. The van der Waals surface area contributed by atoms with Gasteiger partial charge in [0.05, 0.1) is 5.02 Å². The third-order valence-electron chi connectivity index (χ3n) is 2.82. The predicted molar refractivity (Wildman–Crippen MR) is 63.9 cm³/mol. The predicted octanol–water partition coefficient (Wildman–Crippen LogP) is 3.84. The van der Waals surface area contributed by atoms with Crippen molar-refractivity contribution in [2.45, 2.75) is 25.8 Å². The average Bonchev–Trinajstić information content (AvgIpc) is 2.67. The van der Waals surface area contributed by atoms with Crippen molar-refractivity contribution in [1.29, 1.82) is 0 Å². The molecule has 0 aromatic heterocycles. The summed E-state index contributed by atoms with van der Waals surface area (Å²) in [4.78, 5) is 0. The van der Waals surface area contributed by atoms with Crippen LogP contribution in [0.4, 0.5) is 0 Å². The van der Waals surface area contributed by atoms with Crippen LogP contribution < -0.4 is 5.32 Å². The van der Waals surface area contributed by atoms with Gasteiger partial charge in [-0.1, -0.05) is 17.7 Å². The zero-order valence-corrected chi connectivity index (χ0v) is 10.5. The first-order chi connectivity index (χ1) is 6.70. The fraction of sp³-hybridized carbons (Fsp3) is 0.455. The smallest absolute Gasteiger partial charge is 0.0580 e. The SMILES string of the molecule is Cc1c([C@@H]2CCCN2)ccc(Br)c1Cl. The molecular weight excluding hydrogens is 261 g/mol. The van der Waals surface area contributed by atoms with Crippen molar-refractivity contribution in [2.24, 2.45) is 0 Å². The van der Waals surface area contributed by atoms with Crippen LogP contribution in [-0.2, 0) is 0 Å². The summed E-state index contributed by atoms with van der Waals surface area (Å²) in [5.41, 5.74) is 2.54. The first-order valence-corrected chi connectivity index (χ1v) is 6.05. The molecule has 2 rings (SSSR count). The number of hydrogen-bond acceptors (Lipinski definition) is 1. The van der Waals surface area contributed by atoms with E-state index in [1.165, 1.54) is 24.0 Å². The average molecular weight is 275 g/mol. The van der Waals surface area contributed by atoms with Crippen LogP contribution in [0, 0.1) is 6.92 Å². The molecule has 3 heteroatoms. The Balaban J connectivity index is 2.38. The lowest BCUT2D eigenvalue weighted by molar-refractivity contribution is 0.644. The highest BCUT2D eigenvalue weighted by atomic mass is 79.9. The molecule has 0 bridgehead atoms. The first-order valence-electron chi connectivity index (χ1n) is 4.88. The van der Waals surface area contributed by atoms with E-state index in [2.05, 4.69) is 34.2 Å². The van der Waals surface area contributed by atoms with Crippen LogP contribution in [-0.4, -0.2) is 6.54 Å². The minimum absolute atomic E-state index is 0.501. The molecule has 1 nitrogen and oxygen atoms in total. The first kappa shape index (κ1) is 10.5. The molecule has 0 unspecified atom stereocenters. The van der Waals surface area contributed by atoms with Crippen LogP contribution in [0.1, 0.15) is 30.0 Å². The number of halogens is 2. The van der Waals surface area contributed by atoms with Crippen LogP contribution in [0.15, 0.2) is 16.6 Å². The minimum Gasteiger partial charge on any atom is -0.310 e. The van der Waals surface area contributed by atoms with Gasteiger partial charge in [-0.25, -0.2) is 0 Å². The van der Waals surface area contributed by atoms with Gasteiger partial charge in [-0.2, -0.15) is 0 Å². The van der Waals surface area contributed by atoms with E-state index < -0.39 is 0 Å². The number of benzene rings is 1. The molecule has 0 spiro atoms. The van der Waals surface area contributed by atoms with E-state index >= 15 is 0 Å². The second-order valence-corrected chi connectivity index (χ2v) is 4.96. The fourth-order valence-corrected chi connectivity index (χ4v) is 2.60.